The number of benzene rings is 3. The Hall–Kier alpha value is -3.97. The molecule has 0 fully saturated rings. The molecule has 1 amide bonds. The monoisotopic (exact) mass is 461 g/mol. The summed E-state index contributed by atoms with van der Waals surface area (Å²) in [6, 6.07) is 20.1. The van der Waals surface area contributed by atoms with Crippen LogP contribution >= 0.6 is 11.6 Å². The molecule has 0 saturated carbocycles. The topological polar surface area (TPSA) is 90.2 Å². The van der Waals surface area contributed by atoms with Crippen LogP contribution in [0.5, 0.6) is 0 Å². The van der Waals surface area contributed by atoms with Crippen LogP contribution < -0.4 is 16.6 Å². The van der Waals surface area contributed by atoms with Gasteiger partial charge in [-0.25, -0.2) is 4.79 Å². The molecule has 0 bridgehead atoms. The summed E-state index contributed by atoms with van der Waals surface area (Å²) in [6.45, 7) is 1.20. The Morgan fingerprint density at radius 1 is 0.909 bits per heavy atom. The molecule has 3 aromatic carbocycles. The maximum Gasteiger partial charge on any atom is 0.332 e. The van der Waals surface area contributed by atoms with Crippen molar-refractivity contribution in [1.29, 1.82) is 0 Å². The van der Waals surface area contributed by atoms with Gasteiger partial charge in [-0.15, -0.1) is 0 Å². The van der Waals surface area contributed by atoms with E-state index < -0.39 is 17.2 Å². The lowest BCUT2D eigenvalue weighted by atomic mass is 10.1. The summed E-state index contributed by atoms with van der Waals surface area (Å²) in [7, 11) is 0. The smallest absolute Gasteiger partial charge is 0.325 e. The van der Waals surface area contributed by atoms with Crippen molar-refractivity contribution in [3.63, 3.8) is 0 Å². The Labute approximate surface area is 193 Å². The van der Waals surface area contributed by atoms with E-state index in [9.17, 15) is 19.2 Å². The van der Waals surface area contributed by atoms with Crippen LogP contribution in [-0.4, -0.2) is 20.8 Å². The fraction of sp³-hybridized carbons (Fsp3) is 0.120. The van der Waals surface area contributed by atoms with E-state index in [0.717, 1.165) is 4.57 Å². The fourth-order valence-corrected chi connectivity index (χ4v) is 3.83. The van der Waals surface area contributed by atoms with E-state index in [4.69, 9.17) is 11.6 Å². The summed E-state index contributed by atoms with van der Waals surface area (Å²) in [5, 5.41) is 3.55. The molecule has 4 rings (SSSR count). The number of para-hydroxylation sites is 1. The highest BCUT2D eigenvalue weighted by Gasteiger charge is 2.16. The number of carbonyl (C=O) groups excluding carboxylic acids is 2. The van der Waals surface area contributed by atoms with Crippen molar-refractivity contribution in [3.8, 4) is 0 Å². The molecule has 4 aromatic rings. The van der Waals surface area contributed by atoms with Gasteiger partial charge in [-0.1, -0.05) is 35.9 Å². The van der Waals surface area contributed by atoms with Gasteiger partial charge in [-0.05, 0) is 61.0 Å². The molecular weight excluding hydrogens is 442 g/mol. The highest BCUT2D eigenvalue weighted by Crippen LogP contribution is 2.13. The third-order valence-electron chi connectivity index (χ3n) is 5.24. The fourth-order valence-electron chi connectivity index (χ4n) is 3.61. The molecule has 33 heavy (non-hydrogen) atoms. The molecule has 0 radical (unpaired) electrons. The minimum absolute atomic E-state index is 0.0250. The molecule has 1 aromatic heterocycles. The molecule has 166 valence electrons. The van der Waals surface area contributed by atoms with Gasteiger partial charge in [0.05, 0.1) is 17.4 Å². The maximum absolute atomic E-state index is 13.3. The molecular formula is C25H20ClN3O4. The van der Waals surface area contributed by atoms with Crippen molar-refractivity contribution in [3.05, 3.63) is 110 Å². The van der Waals surface area contributed by atoms with Crippen LogP contribution in [0, 0.1) is 0 Å². The average molecular weight is 462 g/mol. The second-order valence-electron chi connectivity index (χ2n) is 7.59. The van der Waals surface area contributed by atoms with E-state index in [1.54, 1.807) is 72.8 Å². The largest absolute Gasteiger partial charge is 0.332 e. The van der Waals surface area contributed by atoms with Crippen molar-refractivity contribution in [2.24, 2.45) is 0 Å². The molecule has 1 N–H and O–H groups in total. The summed E-state index contributed by atoms with van der Waals surface area (Å²) in [6.07, 6.45) is 0. The Balaban J connectivity index is 1.70. The van der Waals surface area contributed by atoms with Crippen molar-refractivity contribution in [1.82, 2.24) is 9.13 Å². The molecule has 0 saturated heterocycles. The van der Waals surface area contributed by atoms with Gasteiger partial charge in [-0.2, -0.15) is 0 Å². The summed E-state index contributed by atoms with van der Waals surface area (Å²) in [5.74, 6) is -0.515. The van der Waals surface area contributed by atoms with Crippen LogP contribution in [0.4, 0.5) is 5.69 Å². The van der Waals surface area contributed by atoms with Gasteiger partial charge >= 0.3 is 5.69 Å². The Morgan fingerprint density at radius 3 is 2.33 bits per heavy atom. The van der Waals surface area contributed by atoms with Crippen molar-refractivity contribution in [2.75, 3.05) is 5.32 Å². The number of amides is 1. The van der Waals surface area contributed by atoms with Crippen LogP contribution in [0.25, 0.3) is 10.9 Å². The minimum Gasteiger partial charge on any atom is -0.325 e. The number of hydrogen-bond donors (Lipinski definition) is 1. The maximum atomic E-state index is 13.3. The van der Waals surface area contributed by atoms with Gasteiger partial charge in [0.2, 0.25) is 5.91 Å². The average Bonchev–Trinajstić information content (AvgIpc) is 2.80. The Morgan fingerprint density at radius 2 is 1.64 bits per heavy atom. The lowest BCUT2D eigenvalue weighted by Gasteiger charge is -2.14. The number of fused-ring (bicyclic) bond motifs is 1. The number of Topliss-reactive ketones (excluding diaryl/α,β-unsaturated/α-hetero) is 1. The number of ketones is 1. The first-order valence-electron chi connectivity index (χ1n) is 10.2. The van der Waals surface area contributed by atoms with Crippen LogP contribution in [-0.2, 0) is 17.9 Å². The molecule has 1 heterocycles. The third kappa shape index (κ3) is 4.78. The first kappa shape index (κ1) is 22.2. The summed E-state index contributed by atoms with van der Waals surface area (Å²) in [5.41, 5.74) is 1.06. The molecule has 0 aliphatic carbocycles. The standard InChI is InChI=1S/C25H20ClN3O4/c1-16(30)18-9-11-20(12-10-18)27-23(31)15-28-22-8-3-2-7-21(22)24(32)29(25(28)33)14-17-5-4-6-19(26)13-17/h2-13H,14-15H2,1H3,(H,27,31). The number of rotatable bonds is 6. The van der Waals surface area contributed by atoms with Crippen LogP contribution in [0.1, 0.15) is 22.8 Å². The van der Waals surface area contributed by atoms with E-state index in [1.807, 2.05) is 0 Å². The summed E-state index contributed by atoms with van der Waals surface area (Å²) < 4.78 is 2.38. The second kappa shape index (κ2) is 9.26. The number of carbonyl (C=O) groups is 2. The number of halogens is 1. The summed E-state index contributed by atoms with van der Waals surface area (Å²) in [4.78, 5) is 50.5. The molecule has 0 aliphatic rings. The number of aromatic nitrogens is 2. The van der Waals surface area contributed by atoms with Crippen LogP contribution in [0.3, 0.4) is 0 Å². The van der Waals surface area contributed by atoms with E-state index in [0.29, 0.717) is 32.7 Å². The molecule has 0 spiro atoms. The van der Waals surface area contributed by atoms with Crippen molar-refractivity contribution in [2.45, 2.75) is 20.0 Å². The van der Waals surface area contributed by atoms with Gasteiger partial charge < -0.3 is 5.32 Å². The van der Waals surface area contributed by atoms with Crippen LogP contribution in [0.15, 0.2) is 82.4 Å². The Kier molecular flexibility index (Phi) is 6.24. The summed E-state index contributed by atoms with van der Waals surface area (Å²) >= 11 is 6.05. The van der Waals surface area contributed by atoms with E-state index in [2.05, 4.69) is 5.32 Å². The van der Waals surface area contributed by atoms with Crippen molar-refractivity contribution < 1.29 is 9.59 Å². The zero-order valence-electron chi connectivity index (χ0n) is 17.7. The quantitative estimate of drug-likeness (QED) is 0.443. The first-order chi connectivity index (χ1) is 15.8. The SMILES string of the molecule is CC(=O)c1ccc(NC(=O)Cn2c(=O)n(Cc3cccc(Cl)c3)c(=O)c3ccccc32)cc1. The predicted molar refractivity (Wildman–Crippen MR) is 128 cm³/mol. The Bertz CT molecular complexity index is 1490. The first-order valence-corrected chi connectivity index (χ1v) is 10.6. The molecule has 0 unspecified atom stereocenters. The number of anilines is 1. The lowest BCUT2D eigenvalue weighted by molar-refractivity contribution is -0.116. The predicted octanol–water partition coefficient (Wildman–Crippen LogP) is 3.71. The minimum atomic E-state index is -0.597. The van der Waals surface area contributed by atoms with Gasteiger partial charge in [0, 0.05) is 16.3 Å². The molecule has 8 heteroatoms. The number of nitrogens with zero attached hydrogens (tertiary/aromatic N) is 2. The lowest BCUT2D eigenvalue weighted by Crippen LogP contribution is -2.42. The number of nitrogens with one attached hydrogen (secondary N) is 1. The van der Waals surface area contributed by atoms with Crippen molar-refractivity contribution >= 4 is 39.9 Å². The molecule has 7 nitrogen and oxygen atoms in total. The number of hydrogen-bond acceptors (Lipinski definition) is 4. The zero-order valence-corrected chi connectivity index (χ0v) is 18.5. The van der Waals surface area contributed by atoms with Gasteiger partial charge in [0.1, 0.15) is 6.54 Å². The zero-order chi connectivity index (χ0) is 23.5. The third-order valence-corrected chi connectivity index (χ3v) is 5.47. The normalized spacial score (nSPS) is 10.8. The second-order valence-corrected chi connectivity index (χ2v) is 8.03. The van der Waals surface area contributed by atoms with Gasteiger partial charge in [0.15, 0.2) is 5.78 Å². The van der Waals surface area contributed by atoms with E-state index >= 15 is 0 Å². The van der Waals surface area contributed by atoms with Gasteiger partial charge in [0.25, 0.3) is 5.56 Å². The van der Waals surface area contributed by atoms with E-state index in [1.165, 1.54) is 11.5 Å². The highest BCUT2D eigenvalue weighted by atomic mass is 35.5. The van der Waals surface area contributed by atoms with E-state index in [-0.39, 0.29) is 18.9 Å². The van der Waals surface area contributed by atoms with Crippen LogP contribution in [0.2, 0.25) is 5.02 Å². The van der Waals surface area contributed by atoms with Gasteiger partial charge in [-0.3, -0.25) is 23.5 Å². The highest BCUT2D eigenvalue weighted by molar-refractivity contribution is 6.30. The molecule has 0 aliphatic heterocycles. The molecule has 0 atom stereocenters.